The molecule has 1 saturated carbocycles. The molecule has 1 aliphatic carbocycles. The van der Waals surface area contributed by atoms with E-state index in [0.717, 1.165) is 18.7 Å². The number of hydrogen-bond donors (Lipinski definition) is 0. The average Bonchev–Trinajstić information content (AvgIpc) is 2.80. The summed E-state index contributed by atoms with van der Waals surface area (Å²) in [5, 5.41) is 0.784. The van der Waals surface area contributed by atoms with Crippen molar-refractivity contribution in [3.8, 4) is 0 Å². The number of halogens is 3. The van der Waals surface area contributed by atoms with E-state index in [0.29, 0.717) is 14.8 Å². The van der Waals surface area contributed by atoms with Crippen LogP contribution in [0, 0.1) is 0 Å². The zero-order valence-electron chi connectivity index (χ0n) is 6.94. The molecule has 13 heavy (non-hydrogen) atoms. The van der Waals surface area contributed by atoms with Crippen molar-refractivity contribution < 1.29 is 0 Å². The largest absolute Gasteiger partial charge is 0.219 e. The van der Waals surface area contributed by atoms with Gasteiger partial charge in [-0.3, -0.25) is 0 Å². The van der Waals surface area contributed by atoms with Crippen LogP contribution in [0.5, 0.6) is 0 Å². The van der Waals surface area contributed by atoms with Gasteiger partial charge >= 0.3 is 0 Å². The molecule has 2 rings (SSSR count). The Morgan fingerprint density at radius 1 is 1.23 bits per heavy atom. The summed E-state index contributed by atoms with van der Waals surface area (Å²) in [7, 11) is 0. The topological polar surface area (TPSA) is 25.8 Å². The Hall–Kier alpha value is 0.140. The molecule has 1 aliphatic rings. The van der Waals surface area contributed by atoms with Crippen molar-refractivity contribution in [2.75, 3.05) is 0 Å². The van der Waals surface area contributed by atoms with Gasteiger partial charge in [0.1, 0.15) is 16.1 Å². The fourth-order valence-corrected chi connectivity index (χ4v) is 1.64. The van der Waals surface area contributed by atoms with Crippen LogP contribution in [0.3, 0.4) is 0 Å². The van der Waals surface area contributed by atoms with E-state index in [9.17, 15) is 0 Å². The first-order valence-electron chi connectivity index (χ1n) is 3.92. The molecule has 0 aromatic carbocycles. The van der Waals surface area contributed by atoms with Gasteiger partial charge in [-0.1, -0.05) is 30.1 Å². The van der Waals surface area contributed by atoms with Crippen molar-refractivity contribution in [1.29, 1.82) is 0 Å². The van der Waals surface area contributed by atoms with E-state index in [1.165, 1.54) is 0 Å². The third-order valence-corrected chi connectivity index (χ3v) is 4.06. The van der Waals surface area contributed by atoms with E-state index in [1.54, 1.807) is 0 Å². The van der Waals surface area contributed by atoms with E-state index < -0.39 is 0 Å². The maximum absolute atomic E-state index is 5.87. The van der Waals surface area contributed by atoms with Gasteiger partial charge in [0, 0.05) is 5.41 Å². The fraction of sp³-hybridized carbons (Fsp3) is 0.500. The summed E-state index contributed by atoms with van der Waals surface area (Å²) < 4.78 is 0.573. The SMILES string of the molecule is CC1(c2nc(Cl)c(Br)c(Cl)n2)CC1. The lowest BCUT2D eigenvalue weighted by molar-refractivity contribution is 0.707. The van der Waals surface area contributed by atoms with Gasteiger partial charge in [0.15, 0.2) is 0 Å². The number of aromatic nitrogens is 2. The van der Waals surface area contributed by atoms with Gasteiger partial charge in [0.2, 0.25) is 0 Å². The maximum Gasteiger partial charge on any atom is 0.148 e. The van der Waals surface area contributed by atoms with Crippen molar-refractivity contribution in [2.45, 2.75) is 25.2 Å². The van der Waals surface area contributed by atoms with Gasteiger partial charge < -0.3 is 0 Å². The first-order chi connectivity index (χ1) is 6.03. The van der Waals surface area contributed by atoms with Crippen molar-refractivity contribution >= 4 is 39.1 Å². The van der Waals surface area contributed by atoms with E-state index in [1.807, 2.05) is 0 Å². The highest BCUT2D eigenvalue weighted by Gasteiger charge is 2.42. The highest BCUT2D eigenvalue weighted by Crippen LogP contribution is 2.47. The molecular weight excluding hydrogens is 275 g/mol. The average molecular weight is 282 g/mol. The van der Waals surface area contributed by atoms with Crippen LogP contribution in [-0.4, -0.2) is 9.97 Å². The number of hydrogen-bond acceptors (Lipinski definition) is 2. The van der Waals surface area contributed by atoms with Gasteiger partial charge in [-0.2, -0.15) is 0 Å². The maximum atomic E-state index is 5.87. The minimum Gasteiger partial charge on any atom is -0.219 e. The highest BCUT2D eigenvalue weighted by atomic mass is 79.9. The third kappa shape index (κ3) is 1.69. The van der Waals surface area contributed by atoms with Crippen LogP contribution < -0.4 is 0 Å². The minimum absolute atomic E-state index is 0.105. The molecule has 0 spiro atoms. The zero-order valence-corrected chi connectivity index (χ0v) is 10.0. The molecule has 0 saturated heterocycles. The Labute approximate surface area is 94.8 Å². The first kappa shape index (κ1) is 9.69. The van der Waals surface area contributed by atoms with Gasteiger partial charge in [-0.05, 0) is 28.8 Å². The van der Waals surface area contributed by atoms with Crippen molar-refractivity contribution in [3.05, 3.63) is 20.6 Å². The Morgan fingerprint density at radius 2 is 1.69 bits per heavy atom. The van der Waals surface area contributed by atoms with Crippen LogP contribution in [-0.2, 0) is 5.41 Å². The van der Waals surface area contributed by atoms with Gasteiger partial charge in [-0.25, -0.2) is 9.97 Å². The smallest absolute Gasteiger partial charge is 0.148 e. The molecule has 70 valence electrons. The second-order valence-electron chi connectivity index (χ2n) is 3.50. The summed E-state index contributed by atoms with van der Waals surface area (Å²) in [4.78, 5) is 8.38. The molecule has 1 heterocycles. The molecule has 5 heteroatoms. The Morgan fingerprint density at radius 3 is 2.08 bits per heavy atom. The molecule has 0 radical (unpaired) electrons. The standard InChI is InChI=1S/C8H7BrCl2N2/c1-8(2-3-8)7-12-5(10)4(9)6(11)13-7/h2-3H2,1H3. The quantitative estimate of drug-likeness (QED) is 0.735. The molecule has 0 atom stereocenters. The summed E-state index contributed by atoms with van der Waals surface area (Å²) in [5.41, 5.74) is 0.105. The highest BCUT2D eigenvalue weighted by molar-refractivity contribution is 9.10. The lowest BCUT2D eigenvalue weighted by atomic mass is 10.1. The summed E-state index contributed by atoms with van der Waals surface area (Å²) in [6.45, 7) is 2.11. The Bertz CT molecular complexity index is 340. The van der Waals surface area contributed by atoms with E-state index in [2.05, 4.69) is 32.8 Å². The van der Waals surface area contributed by atoms with Crippen molar-refractivity contribution in [3.63, 3.8) is 0 Å². The van der Waals surface area contributed by atoms with Gasteiger partial charge in [-0.15, -0.1) is 0 Å². The lowest BCUT2D eigenvalue weighted by Gasteiger charge is -2.08. The molecule has 1 fully saturated rings. The molecule has 1 aromatic rings. The van der Waals surface area contributed by atoms with Crippen molar-refractivity contribution in [1.82, 2.24) is 9.97 Å². The van der Waals surface area contributed by atoms with E-state index >= 15 is 0 Å². The molecule has 2 nitrogen and oxygen atoms in total. The molecule has 1 aromatic heterocycles. The molecule has 0 aliphatic heterocycles. The monoisotopic (exact) mass is 280 g/mol. The van der Waals surface area contributed by atoms with E-state index in [-0.39, 0.29) is 5.41 Å². The second kappa shape index (κ2) is 3.07. The molecule has 0 bridgehead atoms. The van der Waals surface area contributed by atoms with Crippen LogP contribution in [0.15, 0.2) is 4.47 Å². The summed E-state index contributed by atoms with van der Waals surface area (Å²) in [6.07, 6.45) is 2.22. The van der Waals surface area contributed by atoms with E-state index in [4.69, 9.17) is 23.2 Å². The lowest BCUT2D eigenvalue weighted by Crippen LogP contribution is -2.07. The van der Waals surface area contributed by atoms with Crippen LogP contribution in [0.1, 0.15) is 25.6 Å². The fourth-order valence-electron chi connectivity index (χ4n) is 1.08. The Kier molecular flexibility index (Phi) is 2.29. The molecule has 0 N–H and O–H groups in total. The molecule has 0 unspecified atom stereocenters. The first-order valence-corrected chi connectivity index (χ1v) is 5.47. The predicted molar refractivity (Wildman–Crippen MR) is 56.3 cm³/mol. The number of rotatable bonds is 1. The van der Waals surface area contributed by atoms with Gasteiger partial charge in [0.25, 0.3) is 0 Å². The predicted octanol–water partition coefficient (Wildman–Crippen LogP) is 3.60. The summed E-state index contributed by atoms with van der Waals surface area (Å²) >= 11 is 15.0. The molecular formula is C8H7BrCl2N2. The van der Waals surface area contributed by atoms with Crippen LogP contribution in [0.4, 0.5) is 0 Å². The van der Waals surface area contributed by atoms with Crippen LogP contribution in [0.25, 0.3) is 0 Å². The van der Waals surface area contributed by atoms with Crippen LogP contribution in [0.2, 0.25) is 10.3 Å². The van der Waals surface area contributed by atoms with Crippen LogP contribution >= 0.6 is 39.1 Å². The summed E-state index contributed by atoms with van der Waals surface area (Å²) in [5.74, 6) is 0.755. The minimum atomic E-state index is 0.105. The Balaban J connectivity index is 2.50. The second-order valence-corrected chi connectivity index (χ2v) is 5.01. The van der Waals surface area contributed by atoms with Gasteiger partial charge in [0.05, 0.1) is 4.47 Å². The normalized spacial score (nSPS) is 18.8. The summed E-state index contributed by atoms with van der Waals surface area (Å²) in [6, 6.07) is 0. The third-order valence-electron chi connectivity index (χ3n) is 2.31. The molecule has 0 amide bonds. The number of nitrogens with zero attached hydrogens (tertiary/aromatic N) is 2. The van der Waals surface area contributed by atoms with Crippen molar-refractivity contribution in [2.24, 2.45) is 0 Å². The zero-order chi connectivity index (χ0) is 9.64.